The first kappa shape index (κ1) is 12.5. The predicted molar refractivity (Wildman–Crippen MR) is 60.3 cm³/mol. The van der Waals surface area contributed by atoms with Gasteiger partial charge in [0.05, 0.1) is 11.9 Å². The van der Waals surface area contributed by atoms with Gasteiger partial charge in [-0.1, -0.05) is 24.3 Å². The van der Waals surface area contributed by atoms with E-state index in [-0.39, 0.29) is 5.75 Å². The van der Waals surface area contributed by atoms with Crippen molar-refractivity contribution in [3.63, 3.8) is 0 Å². The lowest BCUT2D eigenvalue weighted by atomic mass is 10.1. The molecule has 1 atom stereocenters. The fourth-order valence-corrected chi connectivity index (χ4v) is 2.34. The average molecular weight is 249 g/mol. The molecule has 0 aliphatic heterocycles. The molecule has 84 valence electrons. The van der Waals surface area contributed by atoms with Crippen LogP contribution in [0.2, 0.25) is 0 Å². The molecule has 3 nitrogen and oxygen atoms in total. The van der Waals surface area contributed by atoms with Gasteiger partial charge in [-0.05, 0) is 24.5 Å². The van der Waals surface area contributed by atoms with E-state index < -0.39 is 15.2 Å². The van der Waals surface area contributed by atoms with E-state index in [1.54, 1.807) is 25.1 Å². The largest absolute Gasteiger partial charge is 0.393 e. The quantitative estimate of drug-likeness (QED) is 0.825. The number of hydrogen-bond acceptors (Lipinski definition) is 3. The molecule has 0 bridgehead atoms. The van der Waals surface area contributed by atoms with Gasteiger partial charge < -0.3 is 5.11 Å². The van der Waals surface area contributed by atoms with Crippen LogP contribution in [0.5, 0.6) is 0 Å². The van der Waals surface area contributed by atoms with Crippen molar-refractivity contribution in [1.29, 1.82) is 0 Å². The lowest BCUT2D eigenvalue weighted by molar-refractivity contribution is 0.195. The molecular weight excluding hydrogens is 236 g/mol. The summed E-state index contributed by atoms with van der Waals surface area (Å²) in [5.41, 5.74) is 1.55. The Morgan fingerprint density at radius 1 is 1.40 bits per heavy atom. The zero-order chi connectivity index (χ0) is 11.5. The topological polar surface area (TPSA) is 54.4 Å². The maximum atomic E-state index is 10.9. The molecule has 0 aromatic heterocycles. The summed E-state index contributed by atoms with van der Waals surface area (Å²) < 4.78 is 21.7. The summed E-state index contributed by atoms with van der Waals surface area (Å²) in [7, 11) is 1.64. The van der Waals surface area contributed by atoms with Crippen molar-refractivity contribution in [2.24, 2.45) is 0 Å². The van der Waals surface area contributed by atoms with Gasteiger partial charge in [-0.25, -0.2) is 8.42 Å². The molecule has 5 heteroatoms. The minimum Gasteiger partial charge on any atom is -0.393 e. The smallest absolute Gasteiger partial charge is 0.236 e. The van der Waals surface area contributed by atoms with Crippen molar-refractivity contribution in [3.8, 4) is 0 Å². The van der Waals surface area contributed by atoms with Gasteiger partial charge in [-0.15, -0.1) is 0 Å². The van der Waals surface area contributed by atoms with Gasteiger partial charge in [0.25, 0.3) is 0 Å². The molecule has 0 radical (unpaired) electrons. The van der Waals surface area contributed by atoms with Gasteiger partial charge in [-0.3, -0.25) is 0 Å². The summed E-state index contributed by atoms with van der Waals surface area (Å²) in [6.07, 6.45) is 0.0729. The minimum absolute atomic E-state index is 0.178. The normalized spacial score (nSPS) is 13.8. The number of rotatable bonds is 4. The highest BCUT2D eigenvalue weighted by atomic mass is 35.7. The summed E-state index contributed by atoms with van der Waals surface area (Å²) in [6.45, 7) is 1.69. The average Bonchev–Trinajstić information content (AvgIpc) is 1.99. The molecule has 0 aliphatic rings. The van der Waals surface area contributed by atoms with Gasteiger partial charge in [0.2, 0.25) is 9.05 Å². The van der Waals surface area contributed by atoms with E-state index in [0.717, 1.165) is 5.56 Å². The van der Waals surface area contributed by atoms with Crippen LogP contribution in [0.25, 0.3) is 0 Å². The summed E-state index contributed by atoms with van der Waals surface area (Å²) in [5, 5.41) is 9.18. The maximum absolute atomic E-state index is 10.9. The van der Waals surface area contributed by atoms with Crippen LogP contribution in [0.4, 0.5) is 0 Å². The molecule has 0 saturated heterocycles. The lowest BCUT2D eigenvalue weighted by Crippen LogP contribution is -2.04. The van der Waals surface area contributed by atoms with Gasteiger partial charge >= 0.3 is 0 Å². The van der Waals surface area contributed by atoms with Crippen LogP contribution in [0.3, 0.4) is 0 Å². The van der Waals surface area contributed by atoms with E-state index in [0.29, 0.717) is 12.0 Å². The number of benzene rings is 1. The first-order valence-electron chi connectivity index (χ1n) is 4.55. The molecule has 1 aromatic carbocycles. The van der Waals surface area contributed by atoms with Crippen molar-refractivity contribution >= 4 is 19.7 Å². The van der Waals surface area contributed by atoms with Crippen molar-refractivity contribution in [2.75, 3.05) is 0 Å². The van der Waals surface area contributed by atoms with Gasteiger partial charge in [0, 0.05) is 10.7 Å². The number of hydrogen-bond donors (Lipinski definition) is 1. The number of aliphatic hydroxyl groups is 1. The Morgan fingerprint density at radius 2 is 2.00 bits per heavy atom. The third-order valence-electron chi connectivity index (χ3n) is 1.86. The molecular formula is C10H13ClO3S. The van der Waals surface area contributed by atoms with Crippen LogP contribution in [-0.2, 0) is 21.2 Å². The lowest BCUT2D eigenvalue weighted by Gasteiger charge is -2.05. The maximum Gasteiger partial charge on any atom is 0.236 e. The van der Waals surface area contributed by atoms with Crippen molar-refractivity contribution in [2.45, 2.75) is 25.2 Å². The van der Waals surface area contributed by atoms with Crippen LogP contribution in [0.15, 0.2) is 24.3 Å². The van der Waals surface area contributed by atoms with E-state index in [9.17, 15) is 13.5 Å². The Hall–Kier alpha value is -0.580. The van der Waals surface area contributed by atoms with Crippen LogP contribution in [-0.4, -0.2) is 19.6 Å². The fourth-order valence-electron chi connectivity index (χ4n) is 1.39. The number of halogens is 1. The highest BCUT2D eigenvalue weighted by molar-refractivity contribution is 8.13. The Kier molecular flexibility index (Phi) is 4.13. The molecule has 1 N–H and O–H groups in total. The van der Waals surface area contributed by atoms with Crippen molar-refractivity contribution in [3.05, 3.63) is 35.4 Å². The van der Waals surface area contributed by atoms with Crippen LogP contribution in [0.1, 0.15) is 18.1 Å². The van der Waals surface area contributed by atoms with Crippen LogP contribution >= 0.6 is 10.7 Å². The van der Waals surface area contributed by atoms with Crippen LogP contribution < -0.4 is 0 Å². The molecule has 0 aliphatic carbocycles. The van der Waals surface area contributed by atoms with Crippen molar-refractivity contribution in [1.82, 2.24) is 0 Å². The molecule has 0 amide bonds. The van der Waals surface area contributed by atoms with E-state index in [2.05, 4.69) is 0 Å². The highest BCUT2D eigenvalue weighted by Crippen LogP contribution is 2.13. The zero-order valence-corrected chi connectivity index (χ0v) is 9.92. The Bertz CT molecular complexity index is 426. The molecule has 1 unspecified atom stereocenters. The Balaban J connectivity index is 2.83. The standard InChI is InChI=1S/C10H13ClO3S/c1-8(12)5-9-3-2-4-10(6-9)7-15(11,13)14/h2-4,6,8,12H,5,7H2,1H3. The third-order valence-corrected chi connectivity index (χ3v) is 2.87. The second-order valence-electron chi connectivity index (χ2n) is 3.56. The molecule has 0 saturated carbocycles. The Morgan fingerprint density at radius 3 is 2.53 bits per heavy atom. The van der Waals surface area contributed by atoms with E-state index in [1.165, 1.54) is 0 Å². The summed E-state index contributed by atoms with van der Waals surface area (Å²) in [6, 6.07) is 7.05. The van der Waals surface area contributed by atoms with Gasteiger partial charge in [-0.2, -0.15) is 0 Å². The fraction of sp³-hybridized carbons (Fsp3) is 0.400. The zero-order valence-electron chi connectivity index (χ0n) is 8.35. The summed E-state index contributed by atoms with van der Waals surface area (Å²) in [5.74, 6) is -0.178. The SMILES string of the molecule is CC(O)Cc1cccc(CS(=O)(=O)Cl)c1. The van der Waals surface area contributed by atoms with Crippen molar-refractivity contribution < 1.29 is 13.5 Å². The first-order valence-corrected chi connectivity index (χ1v) is 7.03. The van der Waals surface area contributed by atoms with E-state index in [4.69, 9.17) is 10.7 Å². The van der Waals surface area contributed by atoms with E-state index in [1.807, 2.05) is 6.07 Å². The Labute approximate surface area is 94.1 Å². The predicted octanol–water partition coefficient (Wildman–Crippen LogP) is 1.68. The third kappa shape index (κ3) is 5.16. The van der Waals surface area contributed by atoms with E-state index >= 15 is 0 Å². The minimum atomic E-state index is -3.51. The molecule has 1 aromatic rings. The number of aliphatic hydroxyl groups excluding tert-OH is 1. The molecule has 1 rings (SSSR count). The second kappa shape index (κ2) is 4.96. The molecule has 0 spiro atoms. The van der Waals surface area contributed by atoms with Gasteiger partial charge in [0.1, 0.15) is 0 Å². The monoisotopic (exact) mass is 248 g/mol. The molecule has 0 heterocycles. The summed E-state index contributed by atoms with van der Waals surface area (Å²) in [4.78, 5) is 0. The molecule has 0 fully saturated rings. The van der Waals surface area contributed by atoms with Gasteiger partial charge in [0.15, 0.2) is 0 Å². The first-order chi connectivity index (χ1) is 6.87. The second-order valence-corrected chi connectivity index (χ2v) is 6.33. The summed E-state index contributed by atoms with van der Waals surface area (Å²) >= 11 is 0. The van der Waals surface area contributed by atoms with Crippen LogP contribution in [0, 0.1) is 0 Å². The molecule has 15 heavy (non-hydrogen) atoms. The highest BCUT2D eigenvalue weighted by Gasteiger charge is 2.07.